The van der Waals surface area contributed by atoms with Gasteiger partial charge in [-0.1, -0.05) is 41.6 Å². The van der Waals surface area contributed by atoms with Gasteiger partial charge in [0.1, 0.15) is 0 Å². The van der Waals surface area contributed by atoms with Crippen molar-refractivity contribution in [2.45, 2.75) is 12.5 Å². The third kappa shape index (κ3) is 2.22. The standard InChI is InChI=1S/C10H11ClN2S/c11-9-4-2-1-3-7(9)5-8-6-14-10(12)13-8/h1-4,8H,5-6H2,(H2,12,13). The Bertz CT molecular complexity index is 365. The molecule has 2 N–H and O–H groups in total. The fraction of sp³-hybridized carbons (Fsp3) is 0.300. The number of hydrogen-bond donors (Lipinski definition) is 1. The lowest BCUT2D eigenvalue weighted by atomic mass is 10.1. The molecular formula is C10H11ClN2S. The lowest BCUT2D eigenvalue weighted by Gasteiger charge is -2.06. The first kappa shape index (κ1) is 9.87. The summed E-state index contributed by atoms with van der Waals surface area (Å²) in [6.45, 7) is 0. The molecule has 0 amide bonds. The molecule has 0 fully saturated rings. The summed E-state index contributed by atoms with van der Waals surface area (Å²) < 4.78 is 0. The van der Waals surface area contributed by atoms with Gasteiger partial charge in [0.25, 0.3) is 0 Å². The zero-order valence-corrected chi connectivity index (χ0v) is 9.18. The Labute approximate surface area is 92.5 Å². The lowest BCUT2D eigenvalue weighted by Crippen LogP contribution is -2.08. The first-order valence-electron chi connectivity index (χ1n) is 4.45. The summed E-state index contributed by atoms with van der Waals surface area (Å²) in [7, 11) is 0. The van der Waals surface area contributed by atoms with E-state index in [2.05, 4.69) is 4.99 Å². The average molecular weight is 227 g/mol. The second-order valence-corrected chi connectivity index (χ2v) is 4.68. The summed E-state index contributed by atoms with van der Waals surface area (Å²) in [4.78, 5) is 4.32. The molecular weight excluding hydrogens is 216 g/mol. The Balaban J connectivity index is 2.08. The molecule has 0 saturated carbocycles. The van der Waals surface area contributed by atoms with E-state index in [4.69, 9.17) is 17.3 Å². The molecule has 4 heteroatoms. The molecule has 1 aliphatic heterocycles. The summed E-state index contributed by atoms with van der Waals surface area (Å²) in [6.07, 6.45) is 0.882. The minimum absolute atomic E-state index is 0.292. The summed E-state index contributed by atoms with van der Waals surface area (Å²) in [5, 5.41) is 1.51. The lowest BCUT2D eigenvalue weighted by molar-refractivity contribution is 0.762. The van der Waals surface area contributed by atoms with Gasteiger partial charge in [0, 0.05) is 10.8 Å². The van der Waals surface area contributed by atoms with Gasteiger partial charge in [-0.2, -0.15) is 0 Å². The predicted octanol–water partition coefficient (Wildman–Crippen LogP) is 2.31. The van der Waals surface area contributed by atoms with E-state index in [0.29, 0.717) is 11.2 Å². The molecule has 1 heterocycles. The van der Waals surface area contributed by atoms with Gasteiger partial charge < -0.3 is 5.73 Å². The second kappa shape index (κ2) is 4.24. The van der Waals surface area contributed by atoms with Gasteiger partial charge in [-0.25, -0.2) is 0 Å². The maximum atomic E-state index is 6.05. The first-order chi connectivity index (χ1) is 6.75. The largest absolute Gasteiger partial charge is 0.379 e. The molecule has 2 nitrogen and oxygen atoms in total. The highest BCUT2D eigenvalue weighted by atomic mass is 35.5. The monoisotopic (exact) mass is 226 g/mol. The number of hydrogen-bond acceptors (Lipinski definition) is 3. The molecule has 1 unspecified atom stereocenters. The molecule has 0 aromatic heterocycles. The van der Waals surface area contributed by atoms with Gasteiger partial charge in [-0.3, -0.25) is 4.99 Å². The summed E-state index contributed by atoms with van der Waals surface area (Å²) >= 11 is 7.67. The Hall–Kier alpha value is -0.670. The Morgan fingerprint density at radius 2 is 2.29 bits per heavy atom. The number of rotatable bonds is 2. The first-order valence-corrected chi connectivity index (χ1v) is 5.81. The van der Waals surface area contributed by atoms with E-state index in [1.54, 1.807) is 11.8 Å². The smallest absolute Gasteiger partial charge is 0.154 e. The van der Waals surface area contributed by atoms with Gasteiger partial charge >= 0.3 is 0 Å². The van der Waals surface area contributed by atoms with Crippen LogP contribution in [0.4, 0.5) is 0 Å². The summed E-state index contributed by atoms with van der Waals surface area (Å²) in [5.41, 5.74) is 6.75. The van der Waals surface area contributed by atoms with E-state index in [1.165, 1.54) is 0 Å². The highest BCUT2D eigenvalue weighted by Gasteiger charge is 2.17. The van der Waals surface area contributed by atoms with Crippen molar-refractivity contribution in [2.24, 2.45) is 10.7 Å². The minimum Gasteiger partial charge on any atom is -0.379 e. The zero-order chi connectivity index (χ0) is 9.97. The Morgan fingerprint density at radius 1 is 1.50 bits per heavy atom. The molecule has 1 atom stereocenters. The summed E-state index contributed by atoms with van der Waals surface area (Å²) in [6, 6.07) is 8.17. The van der Waals surface area contributed by atoms with Crippen molar-refractivity contribution < 1.29 is 0 Å². The van der Waals surface area contributed by atoms with Gasteiger partial charge in [0.05, 0.1) is 6.04 Å². The minimum atomic E-state index is 0.292. The van der Waals surface area contributed by atoms with Crippen LogP contribution in [0.15, 0.2) is 29.3 Å². The van der Waals surface area contributed by atoms with Crippen LogP contribution < -0.4 is 5.73 Å². The van der Waals surface area contributed by atoms with Crippen LogP contribution in [0.2, 0.25) is 5.02 Å². The fourth-order valence-electron chi connectivity index (χ4n) is 1.46. The number of thioether (sulfide) groups is 1. The molecule has 1 aliphatic rings. The number of amidine groups is 1. The van der Waals surface area contributed by atoms with Crippen LogP contribution in [-0.4, -0.2) is 17.0 Å². The topological polar surface area (TPSA) is 38.4 Å². The third-order valence-electron chi connectivity index (χ3n) is 2.15. The van der Waals surface area contributed by atoms with Crippen LogP contribution in [0.25, 0.3) is 0 Å². The molecule has 0 bridgehead atoms. The van der Waals surface area contributed by atoms with Crippen molar-refractivity contribution in [3.05, 3.63) is 34.9 Å². The molecule has 14 heavy (non-hydrogen) atoms. The highest BCUT2D eigenvalue weighted by Crippen LogP contribution is 2.22. The van der Waals surface area contributed by atoms with Gasteiger partial charge in [-0.15, -0.1) is 0 Å². The zero-order valence-electron chi connectivity index (χ0n) is 7.61. The molecule has 2 rings (SSSR count). The van der Waals surface area contributed by atoms with Crippen molar-refractivity contribution in [1.82, 2.24) is 0 Å². The molecule has 0 saturated heterocycles. The maximum Gasteiger partial charge on any atom is 0.154 e. The number of aliphatic imine (C=N–C) groups is 1. The van der Waals surface area contributed by atoms with Gasteiger partial charge in [0.2, 0.25) is 0 Å². The number of benzene rings is 1. The van der Waals surface area contributed by atoms with Crippen molar-refractivity contribution in [3.63, 3.8) is 0 Å². The van der Waals surface area contributed by atoms with Gasteiger partial charge in [0.15, 0.2) is 5.17 Å². The molecule has 0 spiro atoms. The van der Waals surface area contributed by atoms with Crippen LogP contribution in [0, 0.1) is 0 Å². The fourth-order valence-corrected chi connectivity index (χ4v) is 2.45. The van der Waals surface area contributed by atoms with Crippen LogP contribution >= 0.6 is 23.4 Å². The molecule has 1 aromatic rings. The SMILES string of the molecule is NC1=NC(Cc2ccccc2Cl)CS1. The van der Waals surface area contributed by atoms with E-state index in [-0.39, 0.29) is 0 Å². The third-order valence-corrected chi connectivity index (χ3v) is 3.47. The van der Waals surface area contributed by atoms with E-state index in [0.717, 1.165) is 22.8 Å². The van der Waals surface area contributed by atoms with Crippen molar-refractivity contribution in [2.75, 3.05) is 5.75 Å². The van der Waals surface area contributed by atoms with E-state index in [9.17, 15) is 0 Å². The number of nitrogens with zero attached hydrogens (tertiary/aromatic N) is 1. The average Bonchev–Trinajstić information content (AvgIpc) is 2.56. The van der Waals surface area contributed by atoms with E-state index >= 15 is 0 Å². The molecule has 74 valence electrons. The predicted molar refractivity (Wildman–Crippen MR) is 63.0 cm³/mol. The Morgan fingerprint density at radius 3 is 2.93 bits per heavy atom. The van der Waals surface area contributed by atoms with Crippen LogP contribution in [0.1, 0.15) is 5.56 Å². The Kier molecular flexibility index (Phi) is 2.99. The van der Waals surface area contributed by atoms with Crippen LogP contribution in [0.3, 0.4) is 0 Å². The molecule has 1 aromatic carbocycles. The quantitative estimate of drug-likeness (QED) is 0.841. The van der Waals surface area contributed by atoms with Crippen LogP contribution in [-0.2, 0) is 6.42 Å². The van der Waals surface area contributed by atoms with E-state index < -0.39 is 0 Å². The van der Waals surface area contributed by atoms with Gasteiger partial charge in [-0.05, 0) is 18.1 Å². The van der Waals surface area contributed by atoms with Crippen molar-refractivity contribution in [1.29, 1.82) is 0 Å². The van der Waals surface area contributed by atoms with Crippen molar-refractivity contribution >= 4 is 28.5 Å². The van der Waals surface area contributed by atoms with E-state index in [1.807, 2.05) is 24.3 Å². The van der Waals surface area contributed by atoms with Crippen LogP contribution in [0.5, 0.6) is 0 Å². The second-order valence-electron chi connectivity index (χ2n) is 3.23. The number of halogens is 1. The van der Waals surface area contributed by atoms with Crippen molar-refractivity contribution in [3.8, 4) is 0 Å². The highest BCUT2D eigenvalue weighted by molar-refractivity contribution is 8.14. The normalized spacial score (nSPS) is 20.9. The maximum absolute atomic E-state index is 6.05. The molecule has 0 radical (unpaired) electrons. The number of nitrogens with two attached hydrogens (primary N) is 1. The summed E-state index contributed by atoms with van der Waals surface area (Å²) in [5.74, 6) is 0.969. The molecule has 0 aliphatic carbocycles.